The van der Waals surface area contributed by atoms with E-state index >= 15 is 0 Å². The minimum atomic E-state index is -0.0768. The van der Waals surface area contributed by atoms with Crippen LogP contribution >= 0.6 is 0 Å². The number of anilines is 1. The number of rotatable bonds is 10. The highest BCUT2D eigenvalue weighted by Gasteiger charge is 2.08. The van der Waals surface area contributed by atoms with E-state index in [0.717, 1.165) is 22.6 Å². The maximum atomic E-state index is 12.1. The van der Waals surface area contributed by atoms with Gasteiger partial charge in [0, 0.05) is 17.9 Å². The van der Waals surface area contributed by atoms with Crippen molar-refractivity contribution in [2.45, 2.75) is 33.3 Å². The topological polar surface area (TPSA) is 71.3 Å². The van der Waals surface area contributed by atoms with Crippen LogP contribution < -0.4 is 10.1 Å². The Hall–Kier alpha value is -2.84. The first-order chi connectivity index (χ1) is 13.1. The summed E-state index contributed by atoms with van der Waals surface area (Å²) < 4.78 is 11.3. The van der Waals surface area contributed by atoms with Crippen LogP contribution in [-0.4, -0.2) is 19.1 Å². The van der Waals surface area contributed by atoms with Gasteiger partial charge in [-0.2, -0.15) is 5.26 Å². The molecule has 0 bridgehead atoms. The lowest BCUT2D eigenvalue weighted by Gasteiger charge is -2.13. The van der Waals surface area contributed by atoms with Crippen LogP contribution in [-0.2, 0) is 22.6 Å². The first-order valence-corrected chi connectivity index (χ1v) is 9.12. The van der Waals surface area contributed by atoms with Gasteiger partial charge in [0.05, 0.1) is 25.5 Å². The molecule has 5 heteroatoms. The van der Waals surface area contributed by atoms with Gasteiger partial charge in [-0.1, -0.05) is 44.2 Å². The van der Waals surface area contributed by atoms with Crippen molar-refractivity contribution in [1.29, 1.82) is 5.26 Å². The monoisotopic (exact) mass is 366 g/mol. The summed E-state index contributed by atoms with van der Waals surface area (Å²) in [6, 6.07) is 17.2. The number of para-hydroxylation sites is 1. The molecule has 0 aliphatic carbocycles. The van der Waals surface area contributed by atoms with E-state index in [9.17, 15) is 4.79 Å². The van der Waals surface area contributed by atoms with Crippen molar-refractivity contribution >= 4 is 11.6 Å². The van der Waals surface area contributed by atoms with Gasteiger partial charge in [-0.05, 0) is 29.7 Å². The molecule has 2 aromatic rings. The van der Waals surface area contributed by atoms with E-state index in [1.165, 1.54) is 0 Å². The van der Waals surface area contributed by atoms with Gasteiger partial charge < -0.3 is 14.8 Å². The standard InChI is InChI=1S/C22H26N2O3/c1-17(2)15-26-14-12-22(25)24-21-6-4-3-5-19(21)16-27-20-9-7-18(8-10-20)11-13-23/h3-10,17H,11-12,14-16H2,1-2H3,(H,24,25). The minimum absolute atomic E-state index is 0.0768. The Morgan fingerprint density at radius 2 is 1.89 bits per heavy atom. The lowest BCUT2D eigenvalue weighted by Crippen LogP contribution is -2.16. The number of amides is 1. The van der Waals surface area contributed by atoms with E-state index < -0.39 is 0 Å². The molecule has 142 valence electrons. The summed E-state index contributed by atoms with van der Waals surface area (Å²) in [7, 11) is 0. The second-order valence-electron chi connectivity index (χ2n) is 6.69. The first-order valence-electron chi connectivity index (χ1n) is 9.12. The Morgan fingerprint density at radius 3 is 2.59 bits per heavy atom. The summed E-state index contributed by atoms with van der Waals surface area (Å²) in [5.74, 6) is 1.10. The van der Waals surface area contributed by atoms with Gasteiger partial charge in [0.2, 0.25) is 5.91 Å². The Kier molecular flexibility index (Phi) is 8.34. The predicted molar refractivity (Wildman–Crippen MR) is 105 cm³/mol. The Morgan fingerprint density at radius 1 is 1.15 bits per heavy atom. The predicted octanol–water partition coefficient (Wildman–Crippen LogP) is 4.33. The van der Waals surface area contributed by atoms with E-state index in [1.54, 1.807) is 0 Å². The molecule has 0 heterocycles. The van der Waals surface area contributed by atoms with Gasteiger partial charge in [-0.25, -0.2) is 0 Å². The van der Waals surface area contributed by atoms with Crippen LogP contribution in [0.1, 0.15) is 31.4 Å². The molecule has 27 heavy (non-hydrogen) atoms. The third-order valence-electron chi connectivity index (χ3n) is 3.82. The van der Waals surface area contributed by atoms with Crippen LogP contribution in [0.3, 0.4) is 0 Å². The highest BCUT2D eigenvalue weighted by atomic mass is 16.5. The van der Waals surface area contributed by atoms with Crippen molar-refractivity contribution in [3.63, 3.8) is 0 Å². The summed E-state index contributed by atoms with van der Waals surface area (Å²) in [4.78, 5) is 12.1. The third-order valence-corrected chi connectivity index (χ3v) is 3.82. The van der Waals surface area contributed by atoms with E-state index in [4.69, 9.17) is 14.7 Å². The van der Waals surface area contributed by atoms with Gasteiger partial charge >= 0.3 is 0 Å². The molecule has 0 atom stereocenters. The average Bonchev–Trinajstić information content (AvgIpc) is 2.66. The molecule has 1 amide bonds. The lowest BCUT2D eigenvalue weighted by atomic mass is 10.1. The SMILES string of the molecule is CC(C)COCCC(=O)Nc1ccccc1COc1ccc(CC#N)cc1. The van der Waals surface area contributed by atoms with Crippen molar-refractivity contribution < 1.29 is 14.3 Å². The fourth-order valence-electron chi connectivity index (χ4n) is 2.42. The summed E-state index contributed by atoms with van der Waals surface area (Å²) in [6.45, 7) is 5.57. The second kappa shape index (κ2) is 11.0. The Bertz CT molecular complexity index is 764. The molecule has 2 rings (SSSR count). The Balaban J connectivity index is 1.87. The van der Waals surface area contributed by atoms with Gasteiger partial charge in [-0.15, -0.1) is 0 Å². The number of carbonyl (C=O) groups excluding carboxylic acids is 1. The second-order valence-corrected chi connectivity index (χ2v) is 6.69. The number of nitriles is 1. The number of hydrogen-bond donors (Lipinski definition) is 1. The van der Waals surface area contributed by atoms with E-state index in [2.05, 4.69) is 25.2 Å². The van der Waals surface area contributed by atoms with Crippen LogP contribution in [0.4, 0.5) is 5.69 Å². The molecule has 2 aromatic carbocycles. The molecule has 1 N–H and O–H groups in total. The van der Waals surface area contributed by atoms with Gasteiger partial charge in [0.15, 0.2) is 0 Å². The van der Waals surface area contributed by atoms with Crippen molar-refractivity contribution in [2.75, 3.05) is 18.5 Å². The van der Waals surface area contributed by atoms with Crippen LogP contribution in [0.2, 0.25) is 0 Å². The highest BCUT2D eigenvalue weighted by molar-refractivity contribution is 5.91. The van der Waals surface area contributed by atoms with Gasteiger partial charge in [-0.3, -0.25) is 4.79 Å². The molecule has 0 aliphatic rings. The maximum Gasteiger partial charge on any atom is 0.226 e. The van der Waals surface area contributed by atoms with Crippen molar-refractivity contribution in [2.24, 2.45) is 5.92 Å². The highest BCUT2D eigenvalue weighted by Crippen LogP contribution is 2.19. The van der Waals surface area contributed by atoms with Crippen LogP contribution in [0, 0.1) is 17.2 Å². The fraction of sp³-hybridized carbons (Fsp3) is 0.364. The largest absolute Gasteiger partial charge is 0.489 e. The fourth-order valence-corrected chi connectivity index (χ4v) is 2.42. The van der Waals surface area contributed by atoms with E-state index in [1.807, 2.05) is 48.5 Å². The van der Waals surface area contributed by atoms with Crippen LogP contribution in [0.15, 0.2) is 48.5 Å². The molecular formula is C22H26N2O3. The first kappa shape index (κ1) is 20.5. The Labute approximate surface area is 160 Å². The summed E-state index contributed by atoms with van der Waals surface area (Å²) >= 11 is 0. The molecule has 0 aliphatic heterocycles. The number of nitrogens with one attached hydrogen (secondary N) is 1. The molecule has 0 radical (unpaired) electrons. The lowest BCUT2D eigenvalue weighted by molar-refractivity contribution is -0.117. The molecule has 0 saturated heterocycles. The molecule has 0 spiro atoms. The molecule has 5 nitrogen and oxygen atoms in total. The number of hydrogen-bond acceptors (Lipinski definition) is 4. The molecule has 0 saturated carbocycles. The number of nitrogens with zero attached hydrogens (tertiary/aromatic N) is 1. The normalized spacial score (nSPS) is 10.4. The molecular weight excluding hydrogens is 340 g/mol. The van der Waals surface area contributed by atoms with Crippen LogP contribution in [0.5, 0.6) is 5.75 Å². The van der Waals surface area contributed by atoms with Gasteiger partial charge in [0.25, 0.3) is 0 Å². The number of carbonyl (C=O) groups is 1. The zero-order valence-electron chi connectivity index (χ0n) is 15.9. The smallest absolute Gasteiger partial charge is 0.226 e. The average molecular weight is 366 g/mol. The van der Waals surface area contributed by atoms with Crippen LogP contribution in [0.25, 0.3) is 0 Å². The number of benzene rings is 2. The maximum absolute atomic E-state index is 12.1. The summed E-state index contributed by atoms with van der Waals surface area (Å²) in [5, 5.41) is 11.6. The molecule has 0 fully saturated rings. The molecule has 0 unspecified atom stereocenters. The minimum Gasteiger partial charge on any atom is -0.489 e. The number of ether oxygens (including phenoxy) is 2. The molecule has 0 aromatic heterocycles. The van der Waals surface area contributed by atoms with Crippen molar-refractivity contribution in [3.8, 4) is 11.8 Å². The quantitative estimate of drug-likeness (QED) is 0.635. The summed E-state index contributed by atoms with van der Waals surface area (Å²) in [6.07, 6.45) is 0.707. The zero-order chi connectivity index (χ0) is 19.5. The van der Waals surface area contributed by atoms with E-state index in [-0.39, 0.29) is 5.91 Å². The third kappa shape index (κ3) is 7.51. The zero-order valence-corrected chi connectivity index (χ0v) is 15.9. The van der Waals surface area contributed by atoms with E-state index in [0.29, 0.717) is 38.6 Å². The van der Waals surface area contributed by atoms with Gasteiger partial charge in [0.1, 0.15) is 12.4 Å². The van der Waals surface area contributed by atoms with Crippen molar-refractivity contribution in [3.05, 3.63) is 59.7 Å². The summed E-state index contributed by atoms with van der Waals surface area (Å²) in [5.41, 5.74) is 2.60. The van der Waals surface area contributed by atoms with Crippen molar-refractivity contribution in [1.82, 2.24) is 0 Å².